The fraction of sp³-hybridized carbons (Fsp3) is 0.438. The minimum Gasteiger partial charge on any atom is -0.388 e. The van der Waals surface area contributed by atoms with Gasteiger partial charge in [0.1, 0.15) is 18.5 Å². The number of nitrogens with one attached hydrogen (secondary N) is 2. The minimum absolute atomic E-state index is 0. The van der Waals surface area contributed by atoms with Gasteiger partial charge in [-0.1, -0.05) is 60.7 Å². The monoisotopic (exact) mass is 636 g/mol. The van der Waals surface area contributed by atoms with Crippen LogP contribution in [-0.2, 0) is 9.53 Å². The number of likely N-dealkylation sites (N-methyl/N-ethyl adjacent to an activating group) is 1. The first-order valence-electron chi connectivity index (χ1n) is 15.3. The molecule has 3 atom stereocenters. The van der Waals surface area contributed by atoms with Gasteiger partial charge < -0.3 is 31.3 Å². The van der Waals surface area contributed by atoms with Crippen LogP contribution < -0.4 is 21.4 Å². The quantitative estimate of drug-likeness (QED) is 0.175. The second-order valence-corrected chi connectivity index (χ2v) is 11.5. The maximum Gasteiger partial charge on any atom is 0.273 e. The molecule has 4 aromatic rings. The van der Waals surface area contributed by atoms with Crippen molar-refractivity contribution in [1.29, 1.82) is 0 Å². The molecule has 45 heavy (non-hydrogen) atoms. The lowest BCUT2D eigenvalue weighted by Crippen LogP contribution is -2.50. The number of aliphatic hydroxyl groups is 2. The molecule has 240 valence electrons. The smallest absolute Gasteiger partial charge is 0.273 e. The van der Waals surface area contributed by atoms with E-state index in [4.69, 9.17) is 20.4 Å². The van der Waals surface area contributed by atoms with Crippen LogP contribution in [0.3, 0.4) is 0 Å². The van der Waals surface area contributed by atoms with E-state index in [1.807, 2.05) is 43.3 Å². The predicted molar refractivity (Wildman–Crippen MR) is 175 cm³/mol. The number of anilines is 2. The summed E-state index contributed by atoms with van der Waals surface area (Å²) in [7, 11) is 0. The number of benzene rings is 2. The Morgan fingerprint density at radius 1 is 1.04 bits per heavy atom. The van der Waals surface area contributed by atoms with Crippen molar-refractivity contribution in [3.05, 3.63) is 78.1 Å². The number of aromatic nitrogens is 4. The summed E-state index contributed by atoms with van der Waals surface area (Å²) < 4.78 is 7.01. The molecule has 3 heterocycles. The highest BCUT2D eigenvalue weighted by Crippen LogP contribution is 2.29. The summed E-state index contributed by atoms with van der Waals surface area (Å²) >= 11 is 0. The van der Waals surface area contributed by atoms with Crippen molar-refractivity contribution in [3.8, 4) is 0 Å². The number of nitrogens with zero attached hydrogens (tertiary/aromatic N) is 5. The summed E-state index contributed by atoms with van der Waals surface area (Å²) in [5.41, 5.74) is 9.40. The molecule has 0 spiro atoms. The SMILES string of the molecule is CCN(C(=O)[C@H]1OC[C@H](O)[C@@H]1O)n1cnc2c(NCC(c3ccccc3)c3ccccc3)nc(NC3CCC(N)CC3)nc21.Cl. The molecule has 1 aliphatic carbocycles. The number of aliphatic hydroxyl groups excluding tert-OH is 2. The fourth-order valence-electron chi connectivity index (χ4n) is 6.08. The van der Waals surface area contributed by atoms with Crippen LogP contribution in [0.4, 0.5) is 11.8 Å². The molecule has 6 rings (SSSR count). The minimum atomic E-state index is -1.32. The number of ether oxygens (including phenoxy) is 1. The number of amides is 1. The highest BCUT2D eigenvalue weighted by Gasteiger charge is 2.42. The summed E-state index contributed by atoms with van der Waals surface area (Å²) in [4.78, 5) is 27.9. The molecule has 2 aromatic heterocycles. The molecule has 2 aromatic carbocycles. The van der Waals surface area contributed by atoms with Gasteiger partial charge in [0.2, 0.25) is 5.95 Å². The number of hydrogen-bond acceptors (Lipinski definition) is 10. The Balaban J connectivity index is 0.00000400. The van der Waals surface area contributed by atoms with Gasteiger partial charge in [-0.3, -0.25) is 4.79 Å². The molecule has 13 heteroatoms. The van der Waals surface area contributed by atoms with E-state index >= 15 is 0 Å². The van der Waals surface area contributed by atoms with Gasteiger partial charge in [0.25, 0.3) is 5.91 Å². The molecule has 1 saturated heterocycles. The predicted octanol–water partition coefficient (Wildman–Crippen LogP) is 2.78. The van der Waals surface area contributed by atoms with Crippen LogP contribution in [0.2, 0.25) is 0 Å². The van der Waals surface area contributed by atoms with E-state index in [0.29, 0.717) is 29.5 Å². The molecule has 1 amide bonds. The first-order valence-corrected chi connectivity index (χ1v) is 15.3. The average Bonchev–Trinajstić information content (AvgIpc) is 3.62. The Hall–Kier alpha value is -3.81. The second kappa shape index (κ2) is 14.5. The number of rotatable bonds is 10. The normalized spacial score (nSPS) is 23.1. The van der Waals surface area contributed by atoms with Crippen LogP contribution in [0.25, 0.3) is 11.2 Å². The molecule has 0 unspecified atom stereocenters. The van der Waals surface area contributed by atoms with Crippen LogP contribution in [0.1, 0.15) is 49.7 Å². The highest BCUT2D eigenvalue weighted by atomic mass is 35.5. The zero-order valence-electron chi connectivity index (χ0n) is 25.2. The first kappa shape index (κ1) is 32.6. The molecule has 1 saturated carbocycles. The lowest BCUT2D eigenvalue weighted by molar-refractivity contribution is -0.132. The zero-order chi connectivity index (χ0) is 30.6. The molecule has 0 bridgehead atoms. The van der Waals surface area contributed by atoms with Crippen molar-refractivity contribution < 1.29 is 19.7 Å². The topological polar surface area (TPSA) is 164 Å². The summed E-state index contributed by atoms with van der Waals surface area (Å²) in [6.45, 7) is 2.50. The van der Waals surface area contributed by atoms with Crippen LogP contribution in [0.5, 0.6) is 0 Å². The number of halogens is 1. The maximum atomic E-state index is 13.5. The highest BCUT2D eigenvalue weighted by molar-refractivity contribution is 5.93. The molecule has 2 fully saturated rings. The third kappa shape index (κ3) is 7.05. The molecule has 2 aliphatic rings. The van der Waals surface area contributed by atoms with Gasteiger partial charge in [-0.2, -0.15) is 9.97 Å². The lowest BCUT2D eigenvalue weighted by Gasteiger charge is -2.28. The average molecular weight is 637 g/mol. The van der Waals surface area contributed by atoms with Gasteiger partial charge in [0.05, 0.1) is 6.61 Å². The molecular formula is C32H41ClN8O4. The van der Waals surface area contributed by atoms with Crippen molar-refractivity contribution in [1.82, 2.24) is 19.6 Å². The first-order chi connectivity index (χ1) is 21.4. The Kier molecular flexibility index (Phi) is 10.5. The fourth-order valence-corrected chi connectivity index (χ4v) is 6.08. The second-order valence-electron chi connectivity index (χ2n) is 11.5. The summed E-state index contributed by atoms with van der Waals surface area (Å²) in [5.74, 6) is 0.515. The summed E-state index contributed by atoms with van der Waals surface area (Å²) in [5, 5.41) is 28.8. The van der Waals surface area contributed by atoms with E-state index in [1.54, 1.807) is 4.68 Å². The zero-order valence-corrected chi connectivity index (χ0v) is 26.0. The number of hydrogen-bond donors (Lipinski definition) is 5. The van der Waals surface area contributed by atoms with E-state index in [2.05, 4.69) is 39.9 Å². The number of imidazole rings is 1. The van der Waals surface area contributed by atoms with Gasteiger partial charge in [-0.15, -0.1) is 12.4 Å². The summed E-state index contributed by atoms with van der Waals surface area (Å²) in [6.07, 6.45) is 1.56. The standard InChI is InChI=1S/C32H40N8O4.ClH/c1-2-39(31(43)28-27(42)25(41)18-44-28)40-19-35-26-29(37-32(38-30(26)40)36-23-15-13-22(33)14-16-23)34-17-24(20-9-5-3-6-10-20)21-11-7-4-8-12-21;/h3-12,19,22-25,27-28,41-42H,2,13-18,33H2,1H3,(H2,34,36,37,38);1H/t22?,23?,25-,27-,28-;/m0./s1. The van der Waals surface area contributed by atoms with Gasteiger partial charge in [0.15, 0.2) is 23.1 Å². The van der Waals surface area contributed by atoms with Crippen molar-refractivity contribution in [3.63, 3.8) is 0 Å². The largest absolute Gasteiger partial charge is 0.388 e. The number of carbonyl (C=O) groups is 1. The number of fused-ring (bicyclic) bond motifs is 1. The third-order valence-electron chi connectivity index (χ3n) is 8.57. The number of nitrogens with two attached hydrogens (primary N) is 1. The Morgan fingerprint density at radius 3 is 2.27 bits per heavy atom. The van der Waals surface area contributed by atoms with E-state index < -0.39 is 24.2 Å². The van der Waals surface area contributed by atoms with E-state index in [1.165, 1.54) is 22.5 Å². The van der Waals surface area contributed by atoms with Gasteiger partial charge in [0, 0.05) is 31.1 Å². The van der Waals surface area contributed by atoms with E-state index in [0.717, 1.165) is 25.7 Å². The van der Waals surface area contributed by atoms with Crippen LogP contribution in [0.15, 0.2) is 67.0 Å². The lowest BCUT2D eigenvalue weighted by atomic mass is 9.91. The Labute approximate surface area is 268 Å². The van der Waals surface area contributed by atoms with Crippen molar-refractivity contribution in [2.45, 2.75) is 68.9 Å². The maximum absolute atomic E-state index is 13.5. The van der Waals surface area contributed by atoms with Crippen molar-refractivity contribution >= 4 is 41.2 Å². The third-order valence-corrected chi connectivity index (χ3v) is 8.57. The Morgan fingerprint density at radius 2 is 1.69 bits per heavy atom. The molecule has 0 radical (unpaired) electrons. The molecule has 1 aliphatic heterocycles. The molecular weight excluding hydrogens is 596 g/mol. The van der Waals surface area contributed by atoms with Crippen molar-refractivity contribution in [2.24, 2.45) is 5.73 Å². The van der Waals surface area contributed by atoms with Crippen LogP contribution in [0, 0.1) is 0 Å². The van der Waals surface area contributed by atoms with Gasteiger partial charge >= 0.3 is 0 Å². The molecule has 6 N–H and O–H groups in total. The van der Waals surface area contributed by atoms with E-state index in [-0.39, 0.29) is 43.6 Å². The number of carbonyl (C=O) groups excluding carboxylic acids is 1. The van der Waals surface area contributed by atoms with Crippen LogP contribution >= 0.6 is 12.4 Å². The Bertz CT molecular complexity index is 1510. The van der Waals surface area contributed by atoms with E-state index in [9.17, 15) is 15.0 Å². The van der Waals surface area contributed by atoms with Crippen LogP contribution in [-0.4, -0.2) is 85.8 Å². The molecule has 12 nitrogen and oxygen atoms in total. The van der Waals surface area contributed by atoms with Crippen molar-refractivity contribution in [2.75, 3.05) is 35.3 Å². The van der Waals surface area contributed by atoms with Gasteiger partial charge in [-0.25, -0.2) is 14.7 Å². The van der Waals surface area contributed by atoms with Gasteiger partial charge in [-0.05, 0) is 43.7 Å². The summed E-state index contributed by atoms with van der Waals surface area (Å²) in [6, 6.07) is 21.0.